The number of rotatable bonds is 9. The maximum Gasteiger partial charge on any atom is 0.303 e. The van der Waals surface area contributed by atoms with E-state index in [0.29, 0.717) is 0 Å². The molecule has 0 aromatic heterocycles. The SMILES string of the molecule is CCC(C)(CC(I)OC(CC)(CC)CC)OC(C)=O. The minimum Gasteiger partial charge on any atom is -0.459 e. The van der Waals surface area contributed by atoms with Gasteiger partial charge in [-0.05, 0) is 32.6 Å². The van der Waals surface area contributed by atoms with Gasteiger partial charge < -0.3 is 9.47 Å². The average molecular weight is 384 g/mol. The number of carbonyl (C=O) groups is 1. The first-order valence-electron chi connectivity index (χ1n) is 7.27. The van der Waals surface area contributed by atoms with E-state index in [2.05, 4.69) is 43.4 Å². The van der Waals surface area contributed by atoms with E-state index in [4.69, 9.17) is 9.47 Å². The molecule has 0 radical (unpaired) electrons. The van der Waals surface area contributed by atoms with Gasteiger partial charge in [0.15, 0.2) is 0 Å². The predicted molar refractivity (Wildman–Crippen MR) is 87.6 cm³/mol. The third-order valence-electron chi connectivity index (χ3n) is 4.04. The van der Waals surface area contributed by atoms with Crippen LogP contribution in [0.2, 0.25) is 0 Å². The normalized spacial score (nSPS) is 16.8. The van der Waals surface area contributed by atoms with Gasteiger partial charge in [0, 0.05) is 13.3 Å². The third kappa shape index (κ3) is 6.43. The van der Waals surface area contributed by atoms with E-state index in [0.717, 1.165) is 32.1 Å². The van der Waals surface area contributed by atoms with Crippen molar-refractivity contribution in [3.63, 3.8) is 0 Å². The highest BCUT2D eigenvalue weighted by atomic mass is 127. The van der Waals surface area contributed by atoms with E-state index in [1.807, 2.05) is 13.8 Å². The zero-order chi connectivity index (χ0) is 15.1. The lowest BCUT2D eigenvalue weighted by molar-refractivity contribution is -0.160. The van der Waals surface area contributed by atoms with E-state index in [-0.39, 0.29) is 15.7 Å². The lowest BCUT2D eigenvalue weighted by Crippen LogP contribution is -2.38. The van der Waals surface area contributed by atoms with Crippen LogP contribution in [0.15, 0.2) is 0 Å². The van der Waals surface area contributed by atoms with Crippen molar-refractivity contribution >= 4 is 28.6 Å². The number of ether oxygens (including phenoxy) is 2. The van der Waals surface area contributed by atoms with Crippen molar-refractivity contribution in [1.29, 1.82) is 0 Å². The molecule has 0 heterocycles. The molecule has 19 heavy (non-hydrogen) atoms. The van der Waals surface area contributed by atoms with Gasteiger partial charge in [-0.1, -0.05) is 50.3 Å². The van der Waals surface area contributed by atoms with Crippen LogP contribution in [0.1, 0.15) is 73.6 Å². The van der Waals surface area contributed by atoms with Crippen LogP contribution in [-0.4, -0.2) is 21.3 Å². The summed E-state index contributed by atoms with van der Waals surface area (Å²) >= 11 is 2.32. The van der Waals surface area contributed by atoms with Gasteiger partial charge >= 0.3 is 5.97 Å². The van der Waals surface area contributed by atoms with Crippen LogP contribution in [0.4, 0.5) is 0 Å². The Labute approximate surface area is 131 Å². The molecule has 4 heteroatoms. The highest BCUT2D eigenvalue weighted by Crippen LogP contribution is 2.33. The molecule has 0 spiro atoms. The van der Waals surface area contributed by atoms with Crippen LogP contribution < -0.4 is 0 Å². The topological polar surface area (TPSA) is 35.5 Å². The number of carbonyl (C=O) groups excluding carboxylic acids is 1. The molecule has 0 aliphatic carbocycles. The number of alkyl halides is 1. The van der Waals surface area contributed by atoms with Crippen LogP contribution >= 0.6 is 22.6 Å². The summed E-state index contributed by atoms with van der Waals surface area (Å²) in [6, 6.07) is 0. The van der Waals surface area contributed by atoms with Gasteiger partial charge in [0.25, 0.3) is 0 Å². The molecule has 2 unspecified atom stereocenters. The summed E-state index contributed by atoms with van der Waals surface area (Å²) in [6.45, 7) is 12.0. The molecule has 2 atom stereocenters. The van der Waals surface area contributed by atoms with Crippen LogP contribution in [-0.2, 0) is 14.3 Å². The molecule has 3 nitrogen and oxygen atoms in total. The van der Waals surface area contributed by atoms with E-state index < -0.39 is 5.60 Å². The predicted octanol–water partition coefficient (Wildman–Crippen LogP) is 4.85. The van der Waals surface area contributed by atoms with Crippen molar-refractivity contribution in [1.82, 2.24) is 0 Å². The van der Waals surface area contributed by atoms with Crippen LogP contribution in [0.3, 0.4) is 0 Å². The number of hydrogen-bond acceptors (Lipinski definition) is 3. The Morgan fingerprint density at radius 1 is 1.11 bits per heavy atom. The summed E-state index contributed by atoms with van der Waals surface area (Å²) < 4.78 is 11.8. The van der Waals surface area contributed by atoms with Crippen LogP contribution in [0.5, 0.6) is 0 Å². The van der Waals surface area contributed by atoms with Gasteiger partial charge in [0.05, 0.1) is 5.60 Å². The third-order valence-corrected chi connectivity index (χ3v) is 4.74. The standard InChI is InChI=1S/C15H29IO3/c1-7-14(6,18-12(5)17)11-13(16)19-15(8-2,9-3)10-4/h13H,7-11H2,1-6H3. The molecule has 114 valence electrons. The zero-order valence-corrected chi connectivity index (χ0v) is 15.4. The van der Waals surface area contributed by atoms with Gasteiger partial charge in [-0.15, -0.1) is 0 Å². The molecular formula is C15H29IO3. The van der Waals surface area contributed by atoms with Gasteiger partial charge in [-0.3, -0.25) is 4.79 Å². The van der Waals surface area contributed by atoms with Gasteiger partial charge in [0.2, 0.25) is 0 Å². The molecular weight excluding hydrogens is 355 g/mol. The summed E-state index contributed by atoms with van der Waals surface area (Å²) in [6.07, 6.45) is 4.56. The van der Waals surface area contributed by atoms with E-state index in [9.17, 15) is 4.79 Å². The lowest BCUT2D eigenvalue weighted by atomic mass is 9.93. The maximum atomic E-state index is 11.2. The minimum absolute atomic E-state index is 0.0449. The quantitative estimate of drug-likeness (QED) is 0.324. The summed E-state index contributed by atoms with van der Waals surface area (Å²) in [5, 5.41) is 0. The Balaban J connectivity index is 4.65. The van der Waals surface area contributed by atoms with Gasteiger partial charge in [-0.25, -0.2) is 0 Å². The summed E-state index contributed by atoms with van der Waals surface area (Å²) in [4.78, 5) is 11.2. The van der Waals surface area contributed by atoms with Gasteiger partial charge in [0.1, 0.15) is 9.71 Å². The summed E-state index contributed by atoms with van der Waals surface area (Å²) in [7, 11) is 0. The highest BCUT2D eigenvalue weighted by Gasteiger charge is 2.33. The van der Waals surface area contributed by atoms with Gasteiger partial charge in [-0.2, -0.15) is 0 Å². The number of esters is 1. The Hall–Kier alpha value is 0.160. The molecule has 0 saturated carbocycles. The molecule has 0 bridgehead atoms. The molecule has 0 N–H and O–H groups in total. The van der Waals surface area contributed by atoms with Crippen molar-refractivity contribution in [2.75, 3.05) is 0 Å². The molecule has 0 aliphatic heterocycles. The van der Waals surface area contributed by atoms with Crippen molar-refractivity contribution in [3.8, 4) is 0 Å². The second-order valence-corrected chi connectivity index (χ2v) is 6.76. The average Bonchev–Trinajstić information content (AvgIpc) is 2.35. The molecule has 0 fully saturated rings. The summed E-state index contributed by atoms with van der Waals surface area (Å²) in [5.41, 5.74) is -0.477. The largest absolute Gasteiger partial charge is 0.459 e. The van der Waals surface area contributed by atoms with Crippen molar-refractivity contribution in [2.45, 2.75) is 89.0 Å². The lowest BCUT2D eigenvalue weighted by Gasteiger charge is -2.36. The second-order valence-electron chi connectivity index (χ2n) is 5.37. The fourth-order valence-corrected chi connectivity index (χ4v) is 3.73. The molecule has 0 aromatic rings. The van der Waals surface area contributed by atoms with E-state index in [1.165, 1.54) is 6.92 Å². The molecule has 0 rings (SSSR count). The summed E-state index contributed by atoms with van der Waals surface area (Å²) in [5.74, 6) is -0.222. The maximum absolute atomic E-state index is 11.2. The van der Waals surface area contributed by atoms with Crippen molar-refractivity contribution in [2.24, 2.45) is 0 Å². The second kappa shape index (κ2) is 8.45. The smallest absolute Gasteiger partial charge is 0.303 e. The Morgan fingerprint density at radius 2 is 1.58 bits per heavy atom. The first-order valence-corrected chi connectivity index (χ1v) is 8.52. The first kappa shape index (κ1) is 19.2. The Bertz CT molecular complexity index is 268. The van der Waals surface area contributed by atoms with Crippen molar-refractivity contribution in [3.05, 3.63) is 0 Å². The fourth-order valence-electron chi connectivity index (χ4n) is 2.26. The first-order chi connectivity index (χ1) is 8.76. The molecule has 0 amide bonds. The number of halogens is 1. The highest BCUT2D eigenvalue weighted by molar-refractivity contribution is 14.1. The van der Waals surface area contributed by atoms with E-state index in [1.54, 1.807) is 0 Å². The monoisotopic (exact) mass is 384 g/mol. The van der Waals surface area contributed by atoms with Crippen LogP contribution in [0, 0.1) is 0 Å². The number of hydrogen-bond donors (Lipinski definition) is 0. The Kier molecular flexibility index (Phi) is 8.52. The fraction of sp³-hybridized carbons (Fsp3) is 0.933. The van der Waals surface area contributed by atoms with Crippen LogP contribution in [0.25, 0.3) is 0 Å². The molecule has 0 aromatic carbocycles. The van der Waals surface area contributed by atoms with E-state index >= 15 is 0 Å². The minimum atomic E-state index is -0.432. The Morgan fingerprint density at radius 3 is 1.89 bits per heavy atom. The van der Waals surface area contributed by atoms with Crippen molar-refractivity contribution < 1.29 is 14.3 Å². The molecule has 0 saturated heterocycles. The zero-order valence-electron chi connectivity index (χ0n) is 13.2. The molecule has 0 aliphatic rings.